The van der Waals surface area contributed by atoms with Crippen molar-refractivity contribution >= 4 is 23.2 Å². The average Bonchev–Trinajstić information content (AvgIpc) is 3.01. The van der Waals surface area contributed by atoms with Crippen molar-refractivity contribution in [1.82, 2.24) is 10.3 Å². The van der Waals surface area contributed by atoms with E-state index in [0.717, 1.165) is 12.1 Å². The predicted molar refractivity (Wildman–Crippen MR) is 95.3 cm³/mol. The fourth-order valence-electron chi connectivity index (χ4n) is 2.43. The number of nitrogens with zero attached hydrogens (tertiary/aromatic N) is 1. The van der Waals surface area contributed by atoms with E-state index in [-0.39, 0.29) is 12.3 Å². The molecule has 2 N–H and O–H groups in total. The van der Waals surface area contributed by atoms with Crippen molar-refractivity contribution in [2.24, 2.45) is 5.92 Å². The number of thiazole rings is 1. The highest BCUT2D eigenvalue weighted by Crippen LogP contribution is 2.31. The molecule has 1 heterocycles. The van der Waals surface area contributed by atoms with Gasteiger partial charge in [-0.1, -0.05) is 26.0 Å². The molecule has 2 aromatic rings. The molecule has 146 valence electrons. The lowest BCUT2D eigenvalue weighted by molar-refractivity contribution is -0.142. The zero-order valence-electron chi connectivity index (χ0n) is 14.7. The number of rotatable bonds is 7. The van der Waals surface area contributed by atoms with E-state index in [1.165, 1.54) is 23.5 Å². The Morgan fingerprint density at radius 3 is 2.37 bits per heavy atom. The van der Waals surface area contributed by atoms with E-state index >= 15 is 0 Å². The molecule has 0 aliphatic carbocycles. The maximum absolute atomic E-state index is 12.6. The minimum atomic E-state index is -4.40. The van der Waals surface area contributed by atoms with Crippen LogP contribution in [0.25, 0.3) is 10.6 Å². The molecule has 0 unspecified atom stereocenters. The van der Waals surface area contributed by atoms with Gasteiger partial charge in [-0.25, -0.2) is 9.78 Å². The van der Waals surface area contributed by atoms with E-state index in [2.05, 4.69) is 10.3 Å². The maximum Gasteiger partial charge on any atom is 0.416 e. The number of carboxylic acid groups (broad SMARTS) is 1. The van der Waals surface area contributed by atoms with E-state index in [0.29, 0.717) is 22.7 Å². The van der Waals surface area contributed by atoms with E-state index in [4.69, 9.17) is 5.11 Å². The summed E-state index contributed by atoms with van der Waals surface area (Å²) in [7, 11) is 0. The molecule has 0 fully saturated rings. The topological polar surface area (TPSA) is 79.3 Å². The third-order valence-electron chi connectivity index (χ3n) is 3.69. The molecule has 5 nitrogen and oxygen atoms in total. The minimum Gasteiger partial charge on any atom is -0.480 e. The van der Waals surface area contributed by atoms with Crippen molar-refractivity contribution in [1.29, 1.82) is 0 Å². The van der Waals surface area contributed by atoms with Gasteiger partial charge in [0.05, 0.1) is 17.7 Å². The standard InChI is InChI=1S/C18H19F3N2O3S/c1-10(2)7-14(17(25)26)23-15(24)8-13-9-27-16(22-13)11-3-5-12(6-4-11)18(19,20)21/h3-6,9-10,14H,7-8H2,1-2H3,(H,23,24)(H,25,26)/t14-/m1/s1. The fraction of sp³-hybridized carbons (Fsp3) is 0.389. The summed E-state index contributed by atoms with van der Waals surface area (Å²) in [4.78, 5) is 27.5. The normalized spacial score (nSPS) is 12.8. The summed E-state index contributed by atoms with van der Waals surface area (Å²) in [5.41, 5.74) is 0.205. The van der Waals surface area contributed by atoms with Gasteiger partial charge in [0.1, 0.15) is 11.0 Å². The summed E-state index contributed by atoms with van der Waals surface area (Å²) in [6.07, 6.45) is -4.19. The van der Waals surface area contributed by atoms with Crippen LogP contribution in [0.2, 0.25) is 0 Å². The first-order valence-electron chi connectivity index (χ1n) is 8.20. The lowest BCUT2D eigenvalue weighted by Crippen LogP contribution is -2.42. The number of hydrogen-bond acceptors (Lipinski definition) is 4. The monoisotopic (exact) mass is 400 g/mol. The average molecular weight is 400 g/mol. The first kappa shape index (κ1) is 20.9. The van der Waals surface area contributed by atoms with Crippen LogP contribution in [0.3, 0.4) is 0 Å². The van der Waals surface area contributed by atoms with Crippen LogP contribution in [0.4, 0.5) is 13.2 Å². The Labute approximate surface area is 158 Å². The quantitative estimate of drug-likeness (QED) is 0.737. The second kappa shape index (κ2) is 8.51. The van der Waals surface area contributed by atoms with Gasteiger partial charge in [0, 0.05) is 10.9 Å². The number of carbonyl (C=O) groups excluding carboxylic acids is 1. The Kier molecular flexibility index (Phi) is 6.59. The van der Waals surface area contributed by atoms with Gasteiger partial charge in [-0.3, -0.25) is 4.79 Å². The molecule has 0 saturated carbocycles. The third-order valence-corrected chi connectivity index (χ3v) is 4.63. The van der Waals surface area contributed by atoms with Crippen molar-refractivity contribution in [2.75, 3.05) is 0 Å². The van der Waals surface area contributed by atoms with Gasteiger partial charge < -0.3 is 10.4 Å². The Morgan fingerprint density at radius 2 is 1.85 bits per heavy atom. The molecule has 1 amide bonds. The zero-order chi connectivity index (χ0) is 20.2. The highest BCUT2D eigenvalue weighted by molar-refractivity contribution is 7.13. The number of hydrogen-bond donors (Lipinski definition) is 2. The summed E-state index contributed by atoms with van der Waals surface area (Å²) in [6.45, 7) is 3.72. The number of carboxylic acids is 1. The maximum atomic E-state index is 12.6. The Balaban J connectivity index is 2.03. The number of nitrogens with one attached hydrogen (secondary N) is 1. The van der Waals surface area contributed by atoms with Crippen LogP contribution in [-0.4, -0.2) is 28.0 Å². The van der Waals surface area contributed by atoms with Gasteiger partial charge in [-0.2, -0.15) is 13.2 Å². The highest BCUT2D eigenvalue weighted by atomic mass is 32.1. The molecule has 0 spiro atoms. The molecule has 0 aliphatic heterocycles. The lowest BCUT2D eigenvalue weighted by atomic mass is 10.0. The lowest BCUT2D eigenvalue weighted by Gasteiger charge is -2.16. The highest BCUT2D eigenvalue weighted by Gasteiger charge is 2.30. The predicted octanol–water partition coefficient (Wildman–Crippen LogP) is 3.99. The van der Waals surface area contributed by atoms with Crippen molar-refractivity contribution < 1.29 is 27.9 Å². The zero-order valence-corrected chi connectivity index (χ0v) is 15.5. The second-order valence-corrected chi connectivity index (χ2v) is 7.34. The number of aromatic nitrogens is 1. The van der Waals surface area contributed by atoms with Crippen molar-refractivity contribution in [3.8, 4) is 10.6 Å². The smallest absolute Gasteiger partial charge is 0.416 e. The van der Waals surface area contributed by atoms with Crippen LogP contribution < -0.4 is 5.32 Å². The van der Waals surface area contributed by atoms with Crippen molar-refractivity contribution in [3.63, 3.8) is 0 Å². The molecule has 2 rings (SSSR count). The number of benzene rings is 1. The van der Waals surface area contributed by atoms with Gasteiger partial charge in [0.25, 0.3) is 0 Å². The molecule has 1 atom stereocenters. The number of alkyl halides is 3. The number of aliphatic carboxylic acids is 1. The van der Waals surface area contributed by atoms with Gasteiger partial charge in [-0.05, 0) is 24.5 Å². The van der Waals surface area contributed by atoms with Crippen molar-refractivity contribution in [2.45, 2.75) is 38.9 Å². The Bertz CT molecular complexity index is 801. The van der Waals surface area contributed by atoms with Gasteiger partial charge in [-0.15, -0.1) is 11.3 Å². The van der Waals surface area contributed by atoms with Crippen LogP contribution in [0.5, 0.6) is 0 Å². The summed E-state index contributed by atoms with van der Waals surface area (Å²) in [5.74, 6) is -1.45. The first-order valence-corrected chi connectivity index (χ1v) is 9.08. The van der Waals surface area contributed by atoms with Gasteiger partial charge in [0.2, 0.25) is 5.91 Å². The largest absolute Gasteiger partial charge is 0.480 e. The number of carbonyl (C=O) groups is 2. The Morgan fingerprint density at radius 1 is 1.22 bits per heavy atom. The van der Waals surface area contributed by atoms with Crippen molar-refractivity contribution in [3.05, 3.63) is 40.9 Å². The molecule has 27 heavy (non-hydrogen) atoms. The molecular weight excluding hydrogens is 381 g/mol. The molecule has 0 radical (unpaired) electrons. The minimum absolute atomic E-state index is 0.0982. The number of amides is 1. The molecular formula is C18H19F3N2O3S. The van der Waals surface area contributed by atoms with Gasteiger partial charge >= 0.3 is 12.1 Å². The van der Waals surface area contributed by atoms with Crippen LogP contribution in [0.1, 0.15) is 31.5 Å². The van der Waals surface area contributed by atoms with Gasteiger partial charge in [0.15, 0.2) is 0 Å². The number of halogens is 3. The SMILES string of the molecule is CC(C)C[C@@H](NC(=O)Cc1csc(-c2ccc(C(F)(F)F)cc2)n1)C(=O)O. The molecule has 0 aliphatic rings. The molecule has 1 aromatic carbocycles. The van der Waals surface area contributed by atoms with E-state index < -0.39 is 29.7 Å². The fourth-order valence-corrected chi connectivity index (χ4v) is 3.25. The summed E-state index contributed by atoms with van der Waals surface area (Å²) < 4.78 is 37.8. The summed E-state index contributed by atoms with van der Waals surface area (Å²) in [6, 6.07) is 3.65. The summed E-state index contributed by atoms with van der Waals surface area (Å²) in [5, 5.41) is 13.8. The van der Waals surface area contributed by atoms with Crippen LogP contribution in [0, 0.1) is 5.92 Å². The van der Waals surface area contributed by atoms with Crippen LogP contribution in [-0.2, 0) is 22.2 Å². The van der Waals surface area contributed by atoms with Crippen LogP contribution in [0.15, 0.2) is 29.6 Å². The Hall–Kier alpha value is -2.42. The van der Waals surface area contributed by atoms with E-state index in [9.17, 15) is 22.8 Å². The molecule has 1 aromatic heterocycles. The second-order valence-electron chi connectivity index (χ2n) is 6.48. The van der Waals surface area contributed by atoms with Crippen LogP contribution >= 0.6 is 11.3 Å². The summed E-state index contributed by atoms with van der Waals surface area (Å²) >= 11 is 1.21. The third kappa shape index (κ3) is 6.06. The first-order chi connectivity index (χ1) is 12.6. The molecule has 0 saturated heterocycles. The molecule has 9 heteroatoms. The molecule has 0 bridgehead atoms. The van der Waals surface area contributed by atoms with E-state index in [1.807, 2.05) is 13.8 Å². The van der Waals surface area contributed by atoms with E-state index in [1.54, 1.807) is 5.38 Å².